The molecule has 202 valence electrons. The number of hydrogen-bond acceptors (Lipinski definition) is 6. The third kappa shape index (κ3) is 5.41. The summed E-state index contributed by atoms with van der Waals surface area (Å²) in [6.45, 7) is 1.31. The molecule has 2 aliphatic rings. The molecule has 2 saturated carbocycles. The summed E-state index contributed by atoms with van der Waals surface area (Å²) in [5, 5.41) is 12.8. The molecule has 0 aromatic heterocycles. The predicted octanol–water partition coefficient (Wildman–Crippen LogP) is 4.31. The number of sulfone groups is 2. The van der Waals surface area contributed by atoms with Crippen LogP contribution < -0.4 is 5.32 Å². The van der Waals surface area contributed by atoms with Crippen molar-refractivity contribution in [3.63, 3.8) is 0 Å². The fraction of sp³-hybridized carbons (Fsp3) is 0.480. The van der Waals surface area contributed by atoms with Crippen LogP contribution in [0.2, 0.25) is 5.02 Å². The van der Waals surface area contributed by atoms with Crippen LogP contribution in [-0.4, -0.2) is 50.7 Å². The Morgan fingerprint density at radius 3 is 2.32 bits per heavy atom. The van der Waals surface area contributed by atoms with Crippen molar-refractivity contribution in [1.82, 2.24) is 0 Å². The number of anilines is 1. The van der Waals surface area contributed by atoms with E-state index in [1.807, 2.05) is 0 Å². The Bertz CT molecular complexity index is 1450. The number of amides is 1. The summed E-state index contributed by atoms with van der Waals surface area (Å²) in [5.41, 5.74) is -1.32. The third-order valence-corrected chi connectivity index (χ3v) is 11.4. The topological polar surface area (TPSA) is 118 Å². The summed E-state index contributed by atoms with van der Waals surface area (Å²) in [6, 6.07) is 5.88. The van der Waals surface area contributed by atoms with Crippen LogP contribution in [0.25, 0.3) is 0 Å². The third-order valence-electron chi connectivity index (χ3n) is 7.77. The van der Waals surface area contributed by atoms with Crippen molar-refractivity contribution in [3.8, 4) is 0 Å². The second kappa shape index (κ2) is 9.91. The second-order valence-corrected chi connectivity index (χ2v) is 15.0. The van der Waals surface area contributed by atoms with Crippen molar-refractivity contribution in [3.05, 3.63) is 58.1 Å². The number of fused-ring (bicyclic) bond motifs is 2. The van der Waals surface area contributed by atoms with Gasteiger partial charge in [0, 0.05) is 23.1 Å². The van der Waals surface area contributed by atoms with Crippen molar-refractivity contribution >= 4 is 42.9 Å². The molecule has 2 unspecified atom stereocenters. The van der Waals surface area contributed by atoms with E-state index in [9.17, 15) is 35.5 Å². The van der Waals surface area contributed by atoms with E-state index in [-0.39, 0.29) is 63.6 Å². The lowest BCUT2D eigenvalue weighted by Gasteiger charge is -2.42. The Kier molecular flexibility index (Phi) is 7.48. The first-order valence-corrected chi connectivity index (χ1v) is 15.8. The van der Waals surface area contributed by atoms with E-state index in [1.165, 1.54) is 25.1 Å². The smallest absolute Gasteiger partial charge is 0.255 e. The van der Waals surface area contributed by atoms with Crippen molar-refractivity contribution in [2.75, 3.05) is 17.3 Å². The van der Waals surface area contributed by atoms with E-state index in [0.29, 0.717) is 12.8 Å². The molecule has 12 heteroatoms. The lowest BCUT2D eigenvalue weighted by molar-refractivity contribution is -0.0603. The van der Waals surface area contributed by atoms with E-state index in [1.54, 1.807) is 0 Å². The predicted molar refractivity (Wildman–Crippen MR) is 136 cm³/mol. The highest BCUT2D eigenvalue weighted by atomic mass is 35.5. The molecule has 0 saturated heterocycles. The first kappa shape index (κ1) is 27.9. The van der Waals surface area contributed by atoms with Gasteiger partial charge >= 0.3 is 0 Å². The van der Waals surface area contributed by atoms with Gasteiger partial charge in [-0.2, -0.15) is 0 Å². The Hall–Kier alpha value is -2.08. The summed E-state index contributed by atoms with van der Waals surface area (Å²) in [4.78, 5) is 12.6. The van der Waals surface area contributed by atoms with Gasteiger partial charge in [0.15, 0.2) is 21.5 Å². The largest absolute Gasteiger partial charge is 0.389 e. The van der Waals surface area contributed by atoms with Gasteiger partial charge in [0.05, 0.1) is 26.5 Å². The summed E-state index contributed by atoms with van der Waals surface area (Å²) in [6.07, 6.45) is 2.67. The molecule has 1 amide bonds. The molecule has 0 heterocycles. The fourth-order valence-corrected chi connectivity index (χ4v) is 8.74. The van der Waals surface area contributed by atoms with Crippen LogP contribution in [0.15, 0.2) is 35.2 Å². The average Bonchev–Trinajstić information content (AvgIpc) is 2.98. The minimum Gasteiger partial charge on any atom is -0.389 e. The van der Waals surface area contributed by atoms with E-state index in [0.717, 1.165) is 18.4 Å². The van der Waals surface area contributed by atoms with Crippen LogP contribution in [0.4, 0.5) is 14.5 Å². The summed E-state index contributed by atoms with van der Waals surface area (Å²) in [5.74, 6) is -3.78. The van der Waals surface area contributed by atoms with Crippen molar-refractivity contribution < 1.29 is 35.5 Å². The van der Waals surface area contributed by atoms with Crippen molar-refractivity contribution in [2.24, 2.45) is 11.8 Å². The first-order chi connectivity index (χ1) is 17.1. The molecule has 7 nitrogen and oxygen atoms in total. The molecule has 0 radical (unpaired) electrons. The first-order valence-electron chi connectivity index (χ1n) is 11.8. The molecule has 2 fully saturated rings. The van der Waals surface area contributed by atoms with Gasteiger partial charge in [-0.05, 0) is 81.2 Å². The van der Waals surface area contributed by atoms with Gasteiger partial charge < -0.3 is 10.4 Å². The van der Waals surface area contributed by atoms with E-state index in [2.05, 4.69) is 5.32 Å². The Balaban J connectivity index is 1.57. The van der Waals surface area contributed by atoms with Gasteiger partial charge in [0.25, 0.3) is 5.91 Å². The molecular weight excluding hydrogens is 548 g/mol. The van der Waals surface area contributed by atoms with Gasteiger partial charge in [-0.25, -0.2) is 25.6 Å². The number of halogens is 3. The number of aliphatic hydroxyl groups is 1. The van der Waals surface area contributed by atoms with E-state index in [4.69, 9.17) is 11.6 Å². The molecular formula is C25H28ClF2NO6S2. The van der Waals surface area contributed by atoms with Crippen molar-refractivity contribution in [1.29, 1.82) is 0 Å². The van der Waals surface area contributed by atoms with E-state index >= 15 is 0 Å². The Morgan fingerprint density at radius 1 is 1.11 bits per heavy atom. The maximum absolute atomic E-state index is 13.9. The zero-order valence-corrected chi connectivity index (χ0v) is 22.7. The number of hydrogen-bond donors (Lipinski definition) is 2. The zero-order chi connectivity index (χ0) is 27.3. The summed E-state index contributed by atoms with van der Waals surface area (Å²) in [7, 11) is -7.30. The van der Waals surface area contributed by atoms with Crippen LogP contribution in [-0.2, 0) is 19.7 Å². The molecule has 2 aliphatic carbocycles. The molecule has 37 heavy (non-hydrogen) atoms. The lowest BCUT2D eigenvalue weighted by atomic mass is 9.73. The molecule has 2 aromatic carbocycles. The van der Waals surface area contributed by atoms with Crippen LogP contribution in [0.5, 0.6) is 0 Å². The zero-order valence-electron chi connectivity index (χ0n) is 20.3. The lowest BCUT2D eigenvalue weighted by Crippen LogP contribution is -2.49. The van der Waals surface area contributed by atoms with Crippen LogP contribution in [0.1, 0.15) is 48.0 Å². The Morgan fingerprint density at radius 2 is 1.73 bits per heavy atom. The molecule has 4 rings (SSSR count). The number of carbonyl (C=O) groups excluding carboxylic acids is 1. The summed E-state index contributed by atoms with van der Waals surface area (Å²) >= 11 is 6.25. The standard InChI is InChI=1S/C25H28ClF2NO6S2/c1-14-21(8-7-20(27)23(14)28)29-24(30)15-3-6-19(26)22(11-15)37(34,35)18-12-16-4-5-17(13-18)25(16,31)9-10-36(2,32)33/h3,6-8,11,16-18,31H,4-5,9-10,12-13H2,1-2H3,(H,29,30). The van der Waals surface area contributed by atoms with Crippen LogP contribution in [0, 0.1) is 30.4 Å². The quantitative estimate of drug-likeness (QED) is 0.508. The average molecular weight is 576 g/mol. The van der Waals surface area contributed by atoms with Crippen LogP contribution in [0.3, 0.4) is 0 Å². The monoisotopic (exact) mass is 575 g/mol. The van der Waals surface area contributed by atoms with Gasteiger partial charge in [-0.3, -0.25) is 4.79 Å². The maximum atomic E-state index is 13.9. The highest BCUT2D eigenvalue weighted by Gasteiger charge is 2.55. The molecule has 2 bridgehead atoms. The van der Waals surface area contributed by atoms with Gasteiger partial charge in [0.2, 0.25) is 0 Å². The van der Waals surface area contributed by atoms with Crippen molar-refractivity contribution in [2.45, 2.75) is 54.8 Å². The van der Waals surface area contributed by atoms with Crippen LogP contribution >= 0.6 is 11.6 Å². The molecule has 0 aliphatic heterocycles. The van der Waals surface area contributed by atoms with Gasteiger partial charge in [-0.15, -0.1) is 0 Å². The minimum absolute atomic E-state index is 0.0319. The van der Waals surface area contributed by atoms with E-state index < -0.39 is 48.1 Å². The number of nitrogens with one attached hydrogen (secondary N) is 1. The SMILES string of the molecule is Cc1c(NC(=O)c2ccc(Cl)c(S(=O)(=O)C3CC4CCC(C3)C4(O)CCS(C)(=O)=O)c2)ccc(F)c1F. The normalized spacial score (nSPS) is 25.7. The number of benzene rings is 2. The molecule has 2 aromatic rings. The highest BCUT2D eigenvalue weighted by Crippen LogP contribution is 2.53. The minimum atomic E-state index is -4.01. The second-order valence-electron chi connectivity index (χ2n) is 10.1. The highest BCUT2D eigenvalue weighted by molar-refractivity contribution is 7.92. The number of rotatable bonds is 7. The maximum Gasteiger partial charge on any atom is 0.255 e. The molecule has 2 atom stereocenters. The van der Waals surface area contributed by atoms with Gasteiger partial charge in [-0.1, -0.05) is 11.6 Å². The fourth-order valence-electron chi connectivity index (χ4n) is 5.64. The van der Waals surface area contributed by atoms with Gasteiger partial charge in [0.1, 0.15) is 9.84 Å². The summed E-state index contributed by atoms with van der Waals surface area (Å²) < 4.78 is 77.9. The molecule has 2 N–H and O–H groups in total. The Labute approximate surface area is 220 Å². The molecule has 0 spiro atoms. The number of carbonyl (C=O) groups is 1.